The molecule has 0 bridgehead atoms. The number of benzene rings is 8. The fourth-order valence-electron chi connectivity index (χ4n) is 7.93. The lowest BCUT2D eigenvalue weighted by atomic mass is 9.94. The van der Waals surface area contributed by atoms with Crippen molar-refractivity contribution in [3.8, 4) is 67.8 Å². The van der Waals surface area contributed by atoms with Crippen LogP contribution in [0.5, 0.6) is 0 Å². The fraction of sp³-hybridized carbons (Fsp3) is 0. The van der Waals surface area contributed by atoms with E-state index >= 15 is 0 Å². The van der Waals surface area contributed by atoms with Crippen LogP contribution in [0.15, 0.2) is 200 Å². The summed E-state index contributed by atoms with van der Waals surface area (Å²) in [6, 6.07) is 69.4. The summed E-state index contributed by atoms with van der Waals surface area (Å²) in [7, 11) is 0. The van der Waals surface area contributed by atoms with Crippen LogP contribution >= 0.6 is 0 Å². The molecule has 270 valence electrons. The first-order valence-corrected chi connectivity index (χ1v) is 19.4. The minimum Gasteiger partial charge on any atom is -0.247 e. The number of fused-ring (bicyclic) bond motifs is 6. The first-order chi connectivity index (χ1) is 28.7. The SMILES string of the molecule is c1ccc(-c2ccc3ccc4c5cc(-c6ccc7cc(-c8nc(-c9ccccc9)nc(-c9ccccc9)n8)ccc7c6)ccc5nc(-c5ccccc5)c4c3n2)cc1. The van der Waals surface area contributed by atoms with Crippen LogP contribution in [0, 0.1) is 0 Å². The van der Waals surface area contributed by atoms with E-state index in [0.29, 0.717) is 17.5 Å². The van der Waals surface area contributed by atoms with Gasteiger partial charge in [-0.15, -0.1) is 0 Å². The second-order valence-electron chi connectivity index (χ2n) is 14.5. The third-order valence-electron chi connectivity index (χ3n) is 10.9. The Morgan fingerprint density at radius 1 is 0.276 bits per heavy atom. The van der Waals surface area contributed by atoms with Gasteiger partial charge >= 0.3 is 0 Å². The molecule has 5 heteroatoms. The molecule has 0 saturated heterocycles. The molecule has 0 saturated carbocycles. The van der Waals surface area contributed by atoms with E-state index in [0.717, 1.165) is 93.7 Å². The van der Waals surface area contributed by atoms with Gasteiger partial charge in [0.2, 0.25) is 0 Å². The Balaban J connectivity index is 1.03. The van der Waals surface area contributed by atoms with E-state index in [4.69, 9.17) is 24.9 Å². The first kappa shape index (κ1) is 33.4. The molecule has 0 radical (unpaired) electrons. The maximum atomic E-state index is 5.34. The lowest BCUT2D eigenvalue weighted by Crippen LogP contribution is -2.00. The van der Waals surface area contributed by atoms with Gasteiger partial charge in [-0.3, -0.25) is 0 Å². The molecule has 0 unspecified atom stereocenters. The molecule has 0 aliphatic carbocycles. The summed E-state index contributed by atoms with van der Waals surface area (Å²) in [6.45, 7) is 0. The molecule has 0 aliphatic rings. The standard InChI is InChI=1S/C53H33N5/c1-5-13-34(14-6-1)46-29-26-36-25-28-44-45-33-42(27-30-47(45)55-49(48(44)50(36)54-46)35-15-7-2-8-16-35)40-21-22-41-32-43(24-23-39(41)31-40)53-57-51(37-17-9-3-10-18-37)56-52(58-53)38-19-11-4-12-20-38/h1-33H. The van der Waals surface area contributed by atoms with Crippen molar-refractivity contribution in [1.29, 1.82) is 0 Å². The maximum Gasteiger partial charge on any atom is 0.164 e. The van der Waals surface area contributed by atoms with Gasteiger partial charge in [0.25, 0.3) is 0 Å². The van der Waals surface area contributed by atoms with Crippen LogP contribution in [0.25, 0.3) is 111 Å². The minimum atomic E-state index is 0.639. The van der Waals surface area contributed by atoms with Gasteiger partial charge in [0.1, 0.15) is 0 Å². The summed E-state index contributed by atoms with van der Waals surface area (Å²) in [5.41, 5.74) is 11.0. The second-order valence-corrected chi connectivity index (χ2v) is 14.5. The number of hydrogen-bond acceptors (Lipinski definition) is 5. The van der Waals surface area contributed by atoms with Crippen LogP contribution < -0.4 is 0 Å². The van der Waals surface area contributed by atoms with Gasteiger partial charge in [0, 0.05) is 44.0 Å². The highest BCUT2D eigenvalue weighted by atomic mass is 15.0. The summed E-state index contributed by atoms with van der Waals surface area (Å²) in [5, 5.41) is 6.60. The monoisotopic (exact) mass is 739 g/mol. The van der Waals surface area contributed by atoms with Crippen LogP contribution in [-0.4, -0.2) is 24.9 Å². The number of nitrogens with zero attached hydrogens (tertiary/aromatic N) is 5. The van der Waals surface area contributed by atoms with Crippen molar-refractivity contribution in [2.45, 2.75) is 0 Å². The van der Waals surface area contributed by atoms with E-state index in [1.807, 2.05) is 72.8 Å². The summed E-state index contributed by atoms with van der Waals surface area (Å²) >= 11 is 0. The zero-order valence-electron chi connectivity index (χ0n) is 31.3. The summed E-state index contributed by atoms with van der Waals surface area (Å²) in [4.78, 5) is 25.4. The molecule has 11 rings (SSSR count). The molecular formula is C53H33N5. The molecule has 58 heavy (non-hydrogen) atoms. The lowest BCUT2D eigenvalue weighted by Gasteiger charge is -2.14. The Hall–Kier alpha value is -7.89. The Bertz CT molecular complexity index is 3260. The average molecular weight is 740 g/mol. The van der Waals surface area contributed by atoms with Gasteiger partial charge in [0.05, 0.1) is 22.4 Å². The molecule has 0 spiro atoms. The van der Waals surface area contributed by atoms with Crippen LogP contribution in [0.2, 0.25) is 0 Å². The Morgan fingerprint density at radius 2 is 0.759 bits per heavy atom. The van der Waals surface area contributed by atoms with Gasteiger partial charge in [-0.05, 0) is 57.6 Å². The third kappa shape index (κ3) is 6.03. The zero-order valence-corrected chi connectivity index (χ0v) is 31.3. The quantitative estimate of drug-likeness (QED) is 0.159. The average Bonchev–Trinajstić information content (AvgIpc) is 3.31. The molecule has 5 nitrogen and oxygen atoms in total. The van der Waals surface area contributed by atoms with E-state index in [1.165, 1.54) is 0 Å². The molecular weight excluding hydrogens is 707 g/mol. The van der Waals surface area contributed by atoms with E-state index in [9.17, 15) is 0 Å². The van der Waals surface area contributed by atoms with E-state index in [2.05, 4.69) is 127 Å². The molecule has 0 N–H and O–H groups in total. The molecule has 8 aromatic carbocycles. The largest absolute Gasteiger partial charge is 0.247 e. The number of rotatable bonds is 6. The van der Waals surface area contributed by atoms with Gasteiger partial charge in [0.15, 0.2) is 17.5 Å². The summed E-state index contributed by atoms with van der Waals surface area (Å²) < 4.78 is 0. The van der Waals surface area contributed by atoms with Crippen molar-refractivity contribution in [2.75, 3.05) is 0 Å². The predicted molar refractivity (Wildman–Crippen MR) is 238 cm³/mol. The van der Waals surface area contributed by atoms with Gasteiger partial charge in [-0.25, -0.2) is 24.9 Å². The van der Waals surface area contributed by atoms with Crippen LogP contribution in [-0.2, 0) is 0 Å². The predicted octanol–water partition coefficient (Wildman–Crippen LogP) is 13.3. The Kier molecular flexibility index (Phi) is 8.07. The number of hydrogen-bond donors (Lipinski definition) is 0. The third-order valence-corrected chi connectivity index (χ3v) is 10.9. The second kappa shape index (κ2) is 14.0. The van der Waals surface area contributed by atoms with Crippen LogP contribution in [0.1, 0.15) is 0 Å². The van der Waals surface area contributed by atoms with Crippen molar-refractivity contribution >= 4 is 43.4 Å². The highest BCUT2D eigenvalue weighted by Gasteiger charge is 2.17. The van der Waals surface area contributed by atoms with Gasteiger partial charge in [-0.1, -0.05) is 170 Å². The topological polar surface area (TPSA) is 64.5 Å². The van der Waals surface area contributed by atoms with Crippen molar-refractivity contribution in [1.82, 2.24) is 24.9 Å². The van der Waals surface area contributed by atoms with Crippen molar-refractivity contribution in [3.63, 3.8) is 0 Å². The van der Waals surface area contributed by atoms with Crippen molar-refractivity contribution in [2.24, 2.45) is 0 Å². The van der Waals surface area contributed by atoms with Gasteiger partial charge < -0.3 is 0 Å². The maximum absolute atomic E-state index is 5.34. The molecule has 0 fully saturated rings. The molecule has 0 aliphatic heterocycles. The van der Waals surface area contributed by atoms with E-state index in [1.54, 1.807) is 0 Å². The first-order valence-electron chi connectivity index (χ1n) is 19.4. The minimum absolute atomic E-state index is 0.639. The van der Waals surface area contributed by atoms with E-state index in [-0.39, 0.29) is 0 Å². The van der Waals surface area contributed by atoms with Crippen molar-refractivity contribution in [3.05, 3.63) is 200 Å². The Labute approximate surface area is 335 Å². The smallest absolute Gasteiger partial charge is 0.164 e. The summed E-state index contributed by atoms with van der Waals surface area (Å²) in [6.07, 6.45) is 0. The fourth-order valence-corrected chi connectivity index (χ4v) is 7.93. The number of aromatic nitrogens is 5. The van der Waals surface area contributed by atoms with Crippen LogP contribution in [0.3, 0.4) is 0 Å². The highest BCUT2D eigenvalue weighted by molar-refractivity contribution is 6.20. The molecule has 0 atom stereocenters. The number of pyridine rings is 2. The van der Waals surface area contributed by atoms with Crippen molar-refractivity contribution < 1.29 is 0 Å². The van der Waals surface area contributed by atoms with Crippen LogP contribution in [0.4, 0.5) is 0 Å². The molecule has 11 aromatic rings. The zero-order chi connectivity index (χ0) is 38.4. The highest BCUT2D eigenvalue weighted by Crippen LogP contribution is 2.39. The van der Waals surface area contributed by atoms with E-state index < -0.39 is 0 Å². The normalized spacial score (nSPS) is 11.4. The lowest BCUT2D eigenvalue weighted by molar-refractivity contribution is 1.07. The Morgan fingerprint density at radius 3 is 1.40 bits per heavy atom. The molecule has 0 amide bonds. The molecule has 3 heterocycles. The summed E-state index contributed by atoms with van der Waals surface area (Å²) in [5.74, 6) is 1.93. The molecule has 3 aromatic heterocycles. The van der Waals surface area contributed by atoms with Gasteiger partial charge in [-0.2, -0.15) is 0 Å².